The van der Waals surface area contributed by atoms with Gasteiger partial charge in [-0.05, 0) is 55.9 Å². The average Bonchev–Trinajstić information content (AvgIpc) is 2.49. The molecule has 1 fully saturated rings. The zero-order valence-electron chi connectivity index (χ0n) is 13.0. The molecule has 2 aliphatic heterocycles. The molecule has 23 heavy (non-hydrogen) atoms. The zero-order valence-corrected chi connectivity index (χ0v) is 14.5. The summed E-state index contributed by atoms with van der Waals surface area (Å²) in [7, 11) is 0. The third-order valence-electron chi connectivity index (χ3n) is 4.59. The van der Waals surface area contributed by atoms with Gasteiger partial charge in [0.1, 0.15) is 5.75 Å². The summed E-state index contributed by atoms with van der Waals surface area (Å²) in [5.74, 6) is 0.863. The molecular weight excluding hydrogens is 328 g/mol. The summed E-state index contributed by atoms with van der Waals surface area (Å²) < 4.78 is 6.38. The fraction of sp³-hybridized carbons (Fsp3) is 0.278. The monoisotopic (exact) mass is 344 g/mol. The van der Waals surface area contributed by atoms with Crippen LogP contribution in [0.4, 0.5) is 5.69 Å². The molecule has 0 spiro atoms. The highest BCUT2D eigenvalue weighted by molar-refractivity contribution is 7.80. The van der Waals surface area contributed by atoms with E-state index in [1.807, 2.05) is 30.3 Å². The fourth-order valence-corrected chi connectivity index (χ4v) is 4.14. The van der Waals surface area contributed by atoms with Crippen molar-refractivity contribution in [2.45, 2.75) is 32.0 Å². The Hall–Kier alpha value is -1.78. The van der Waals surface area contributed by atoms with Crippen LogP contribution in [0.2, 0.25) is 5.02 Å². The number of benzene rings is 2. The maximum absolute atomic E-state index is 6.38. The lowest BCUT2D eigenvalue weighted by atomic mass is 9.90. The van der Waals surface area contributed by atoms with Crippen LogP contribution in [0, 0.1) is 6.92 Å². The molecule has 2 aromatic carbocycles. The number of halogens is 1. The molecule has 2 heterocycles. The van der Waals surface area contributed by atoms with E-state index >= 15 is 0 Å². The molecule has 2 aromatic rings. The second-order valence-electron chi connectivity index (χ2n) is 6.29. The van der Waals surface area contributed by atoms with Gasteiger partial charge >= 0.3 is 0 Å². The van der Waals surface area contributed by atoms with Crippen LogP contribution >= 0.6 is 23.8 Å². The molecule has 1 saturated heterocycles. The maximum Gasteiger partial charge on any atom is 0.188 e. The van der Waals surface area contributed by atoms with E-state index in [4.69, 9.17) is 28.6 Å². The fourth-order valence-electron chi connectivity index (χ4n) is 3.52. The normalized spacial score (nSPS) is 25.4. The number of fused-ring (bicyclic) bond motifs is 4. The summed E-state index contributed by atoms with van der Waals surface area (Å²) >= 11 is 11.8. The molecule has 0 amide bonds. The Morgan fingerprint density at radius 1 is 1.30 bits per heavy atom. The van der Waals surface area contributed by atoms with E-state index in [1.165, 1.54) is 5.56 Å². The summed E-state index contributed by atoms with van der Waals surface area (Å²) in [6, 6.07) is 14.1. The molecule has 2 aliphatic rings. The molecule has 0 aliphatic carbocycles. The Balaban J connectivity index is 1.83. The number of thiocarbonyl (C=S) groups is 1. The summed E-state index contributed by atoms with van der Waals surface area (Å²) in [5, 5.41) is 4.85. The van der Waals surface area contributed by atoms with Gasteiger partial charge in [-0.3, -0.25) is 4.90 Å². The standard InChI is InChI=1S/C18H17ClN2OS/c1-11-5-3-4-6-15(11)21-17(23)20-14-10-18(21,2)22-16-8-7-12(19)9-13(14)16/h3-9,14H,10H2,1-2H3,(H,20,23)/t14-,18+/m0/s1. The lowest BCUT2D eigenvalue weighted by Crippen LogP contribution is -2.65. The minimum Gasteiger partial charge on any atom is -0.467 e. The van der Waals surface area contributed by atoms with Gasteiger partial charge < -0.3 is 10.1 Å². The highest BCUT2D eigenvalue weighted by atomic mass is 35.5. The van der Waals surface area contributed by atoms with Crippen LogP contribution in [0.1, 0.15) is 30.5 Å². The maximum atomic E-state index is 6.38. The topological polar surface area (TPSA) is 24.5 Å². The number of hydrogen-bond donors (Lipinski definition) is 1. The van der Waals surface area contributed by atoms with Gasteiger partial charge in [0, 0.05) is 22.7 Å². The summed E-state index contributed by atoms with van der Waals surface area (Å²) in [4.78, 5) is 2.09. The van der Waals surface area contributed by atoms with E-state index in [-0.39, 0.29) is 6.04 Å². The highest BCUT2D eigenvalue weighted by Gasteiger charge is 2.48. The van der Waals surface area contributed by atoms with Gasteiger partial charge in [-0.2, -0.15) is 0 Å². The number of nitrogens with zero attached hydrogens (tertiary/aromatic N) is 1. The van der Waals surface area contributed by atoms with Gasteiger partial charge in [0.2, 0.25) is 0 Å². The van der Waals surface area contributed by atoms with E-state index in [0.717, 1.165) is 23.4 Å². The Morgan fingerprint density at radius 3 is 2.87 bits per heavy atom. The van der Waals surface area contributed by atoms with Crippen LogP contribution in [0.3, 0.4) is 0 Å². The number of aryl methyl sites for hydroxylation is 1. The van der Waals surface area contributed by atoms with Crippen molar-refractivity contribution in [2.24, 2.45) is 0 Å². The molecule has 2 atom stereocenters. The van der Waals surface area contributed by atoms with Crippen LogP contribution in [0.5, 0.6) is 5.75 Å². The molecule has 4 rings (SSSR count). The first-order valence-electron chi connectivity index (χ1n) is 7.63. The Bertz CT molecular complexity index is 809. The number of anilines is 1. The number of rotatable bonds is 1. The first-order valence-corrected chi connectivity index (χ1v) is 8.41. The predicted molar refractivity (Wildman–Crippen MR) is 97.2 cm³/mol. The van der Waals surface area contributed by atoms with Gasteiger partial charge in [-0.15, -0.1) is 0 Å². The number of para-hydroxylation sites is 1. The van der Waals surface area contributed by atoms with Crippen molar-refractivity contribution in [3.05, 3.63) is 58.6 Å². The van der Waals surface area contributed by atoms with Crippen LogP contribution in [-0.4, -0.2) is 10.8 Å². The van der Waals surface area contributed by atoms with Crippen molar-refractivity contribution in [2.75, 3.05) is 4.90 Å². The molecule has 0 saturated carbocycles. The number of ether oxygens (including phenoxy) is 1. The van der Waals surface area contributed by atoms with Gasteiger partial charge in [-0.1, -0.05) is 29.8 Å². The molecule has 5 heteroatoms. The number of hydrogen-bond acceptors (Lipinski definition) is 2. The van der Waals surface area contributed by atoms with Crippen LogP contribution < -0.4 is 15.0 Å². The Kier molecular flexibility index (Phi) is 3.29. The third-order valence-corrected chi connectivity index (χ3v) is 5.13. The van der Waals surface area contributed by atoms with Crippen molar-refractivity contribution in [3.63, 3.8) is 0 Å². The quantitative estimate of drug-likeness (QED) is 0.765. The van der Waals surface area contributed by atoms with Crippen LogP contribution in [-0.2, 0) is 0 Å². The largest absolute Gasteiger partial charge is 0.467 e. The third kappa shape index (κ3) is 2.28. The molecule has 0 unspecified atom stereocenters. The van der Waals surface area contributed by atoms with E-state index < -0.39 is 5.72 Å². The molecule has 118 valence electrons. The minimum atomic E-state index is -0.514. The summed E-state index contributed by atoms with van der Waals surface area (Å²) in [6.07, 6.45) is 0.800. The molecule has 2 bridgehead atoms. The second-order valence-corrected chi connectivity index (χ2v) is 7.11. The lowest BCUT2D eigenvalue weighted by molar-refractivity contribution is 0.0497. The number of nitrogens with one attached hydrogen (secondary N) is 1. The molecule has 1 N–H and O–H groups in total. The molecule has 0 aromatic heterocycles. The van der Waals surface area contributed by atoms with Gasteiger partial charge in [0.25, 0.3) is 0 Å². The van der Waals surface area contributed by atoms with Crippen molar-refractivity contribution in [3.8, 4) is 5.75 Å². The predicted octanol–water partition coefficient (Wildman–Crippen LogP) is 4.58. The Labute approximate surface area is 146 Å². The van der Waals surface area contributed by atoms with Crippen molar-refractivity contribution in [1.29, 1.82) is 0 Å². The molecule has 0 radical (unpaired) electrons. The van der Waals surface area contributed by atoms with E-state index in [1.54, 1.807) is 0 Å². The minimum absolute atomic E-state index is 0.121. The Morgan fingerprint density at radius 2 is 2.09 bits per heavy atom. The second kappa shape index (κ2) is 5.11. The van der Waals surface area contributed by atoms with E-state index in [0.29, 0.717) is 10.1 Å². The molecule has 3 nitrogen and oxygen atoms in total. The highest BCUT2D eigenvalue weighted by Crippen LogP contribution is 2.46. The van der Waals surface area contributed by atoms with Crippen LogP contribution in [0.25, 0.3) is 0 Å². The first-order chi connectivity index (χ1) is 11.0. The van der Waals surface area contributed by atoms with Crippen LogP contribution in [0.15, 0.2) is 42.5 Å². The molecular formula is C18H17ClN2OS. The summed E-state index contributed by atoms with van der Waals surface area (Å²) in [5.41, 5.74) is 2.80. The van der Waals surface area contributed by atoms with E-state index in [9.17, 15) is 0 Å². The zero-order chi connectivity index (χ0) is 16.2. The van der Waals surface area contributed by atoms with Crippen molar-refractivity contribution < 1.29 is 4.74 Å². The lowest BCUT2D eigenvalue weighted by Gasteiger charge is -2.52. The SMILES string of the molecule is Cc1ccccc1N1C(=S)N[C@H]2C[C@@]1(C)Oc1ccc(Cl)cc12. The van der Waals surface area contributed by atoms with Gasteiger partial charge in [0.15, 0.2) is 10.8 Å². The average molecular weight is 345 g/mol. The van der Waals surface area contributed by atoms with Crippen molar-refractivity contribution >= 4 is 34.6 Å². The van der Waals surface area contributed by atoms with Crippen molar-refractivity contribution in [1.82, 2.24) is 5.32 Å². The van der Waals surface area contributed by atoms with E-state index in [2.05, 4.69) is 36.2 Å². The van der Waals surface area contributed by atoms with Gasteiger partial charge in [-0.25, -0.2) is 0 Å². The first kappa shape index (κ1) is 14.8. The smallest absolute Gasteiger partial charge is 0.188 e. The van der Waals surface area contributed by atoms with Gasteiger partial charge in [0.05, 0.1) is 6.04 Å². The summed E-state index contributed by atoms with van der Waals surface area (Å²) in [6.45, 7) is 4.18.